The molecule has 2 aromatic carbocycles. The number of anilines is 3. The molecular formula is C20H17ClN4O3. The zero-order valence-electron chi connectivity index (χ0n) is 15.0. The first-order valence-corrected chi connectivity index (χ1v) is 9.04. The molecule has 0 bridgehead atoms. The molecule has 142 valence electrons. The van der Waals surface area contributed by atoms with E-state index in [0.717, 1.165) is 5.69 Å². The van der Waals surface area contributed by atoms with E-state index >= 15 is 0 Å². The van der Waals surface area contributed by atoms with Crippen LogP contribution in [-0.4, -0.2) is 29.1 Å². The quantitative estimate of drug-likeness (QED) is 0.687. The molecule has 0 aliphatic carbocycles. The van der Waals surface area contributed by atoms with Crippen LogP contribution in [-0.2, 0) is 0 Å². The second kappa shape index (κ2) is 7.74. The number of halogens is 1. The zero-order chi connectivity index (χ0) is 19.5. The molecule has 0 atom stereocenters. The van der Waals surface area contributed by atoms with Crippen molar-refractivity contribution in [2.24, 2.45) is 0 Å². The molecule has 0 fully saturated rings. The predicted molar refractivity (Wildman–Crippen MR) is 107 cm³/mol. The van der Waals surface area contributed by atoms with Gasteiger partial charge in [0.05, 0.1) is 0 Å². The van der Waals surface area contributed by atoms with E-state index in [1.54, 1.807) is 43.3 Å². The molecule has 1 aromatic heterocycles. The Kier molecular flexibility index (Phi) is 4.99. The van der Waals surface area contributed by atoms with Crippen LogP contribution >= 0.6 is 11.6 Å². The summed E-state index contributed by atoms with van der Waals surface area (Å²) in [6, 6.07) is 14.1. The Morgan fingerprint density at radius 3 is 2.64 bits per heavy atom. The van der Waals surface area contributed by atoms with Crippen molar-refractivity contribution in [3.63, 3.8) is 0 Å². The van der Waals surface area contributed by atoms with Crippen LogP contribution in [0.3, 0.4) is 0 Å². The molecule has 0 spiro atoms. The monoisotopic (exact) mass is 396 g/mol. The normalized spacial score (nSPS) is 12.4. The van der Waals surface area contributed by atoms with E-state index in [2.05, 4.69) is 20.6 Å². The van der Waals surface area contributed by atoms with E-state index in [1.165, 1.54) is 0 Å². The first-order chi connectivity index (χ1) is 13.6. The molecule has 2 heterocycles. The van der Waals surface area contributed by atoms with Gasteiger partial charge in [0.1, 0.15) is 18.9 Å². The Morgan fingerprint density at radius 2 is 1.82 bits per heavy atom. The highest BCUT2D eigenvalue weighted by Crippen LogP contribution is 2.32. The van der Waals surface area contributed by atoms with Crippen molar-refractivity contribution in [2.45, 2.75) is 6.92 Å². The molecule has 3 aromatic rings. The third-order valence-electron chi connectivity index (χ3n) is 3.97. The van der Waals surface area contributed by atoms with Crippen LogP contribution < -0.4 is 20.1 Å². The maximum absolute atomic E-state index is 12.7. The molecule has 1 aliphatic heterocycles. The number of benzene rings is 2. The smallest absolute Gasteiger partial charge is 0.274 e. The molecule has 0 unspecified atom stereocenters. The summed E-state index contributed by atoms with van der Waals surface area (Å²) in [5.41, 5.74) is 2.23. The van der Waals surface area contributed by atoms with Crippen molar-refractivity contribution < 1.29 is 14.3 Å². The molecule has 0 saturated carbocycles. The summed E-state index contributed by atoms with van der Waals surface area (Å²) in [4.78, 5) is 21.3. The number of carbonyl (C=O) groups excluding carboxylic acids is 1. The van der Waals surface area contributed by atoms with Crippen LogP contribution in [0.15, 0.2) is 48.5 Å². The number of ether oxygens (including phenoxy) is 2. The Labute approximate surface area is 166 Å². The Morgan fingerprint density at radius 1 is 1.00 bits per heavy atom. The molecule has 8 heteroatoms. The van der Waals surface area contributed by atoms with E-state index in [-0.39, 0.29) is 11.6 Å². The van der Waals surface area contributed by atoms with Crippen LogP contribution in [0.4, 0.5) is 17.3 Å². The molecule has 2 N–H and O–H groups in total. The number of hydrogen-bond acceptors (Lipinski definition) is 6. The van der Waals surface area contributed by atoms with Crippen molar-refractivity contribution in [3.8, 4) is 11.5 Å². The standard InChI is InChI=1S/C20H17ClN4O3/c1-12-9-16(25-20(22-12)24-14-4-2-3-13(21)10-14)19(26)23-15-5-6-17-18(11-15)28-8-7-27-17/h2-6,9-11H,7-8H2,1H3,(H,23,26)(H,22,24,25). The average Bonchev–Trinajstić information content (AvgIpc) is 2.67. The van der Waals surface area contributed by atoms with E-state index in [0.29, 0.717) is 47.1 Å². The van der Waals surface area contributed by atoms with Crippen molar-refractivity contribution in [1.82, 2.24) is 9.97 Å². The molecular weight excluding hydrogens is 380 g/mol. The van der Waals surface area contributed by atoms with Gasteiger partial charge in [0.2, 0.25) is 5.95 Å². The molecule has 7 nitrogen and oxygen atoms in total. The molecule has 4 rings (SSSR count). The third-order valence-corrected chi connectivity index (χ3v) is 4.20. The molecule has 1 aliphatic rings. The molecule has 0 radical (unpaired) electrons. The lowest BCUT2D eigenvalue weighted by atomic mass is 10.2. The number of nitrogens with zero attached hydrogens (tertiary/aromatic N) is 2. The Balaban J connectivity index is 1.53. The van der Waals surface area contributed by atoms with Gasteiger partial charge in [-0.3, -0.25) is 4.79 Å². The van der Waals surface area contributed by atoms with Crippen LogP contribution in [0.2, 0.25) is 5.02 Å². The topological polar surface area (TPSA) is 85.4 Å². The number of rotatable bonds is 4. The first kappa shape index (κ1) is 18.1. The number of hydrogen-bond donors (Lipinski definition) is 2. The second-order valence-corrected chi connectivity index (χ2v) is 6.60. The van der Waals surface area contributed by atoms with E-state index < -0.39 is 0 Å². The minimum Gasteiger partial charge on any atom is -0.486 e. The van der Waals surface area contributed by atoms with Crippen LogP contribution in [0.25, 0.3) is 0 Å². The van der Waals surface area contributed by atoms with Gasteiger partial charge in [-0.1, -0.05) is 17.7 Å². The Hall–Kier alpha value is -3.32. The largest absolute Gasteiger partial charge is 0.486 e. The molecule has 1 amide bonds. The number of aryl methyl sites for hydroxylation is 1. The lowest BCUT2D eigenvalue weighted by molar-refractivity contribution is 0.102. The zero-order valence-corrected chi connectivity index (χ0v) is 15.8. The van der Waals surface area contributed by atoms with Gasteiger partial charge in [-0.25, -0.2) is 9.97 Å². The summed E-state index contributed by atoms with van der Waals surface area (Å²) in [5, 5.41) is 6.48. The fourth-order valence-corrected chi connectivity index (χ4v) is 2.94. The lowest BCUT2D eigenvalue weighted by Gasteiger charge is -2.19. The minimum atomic E-state index is -0.351. The second-order valence-electron chi connectivity index (χ2n) is 6.17. The fraction of sp³-hybridized carbons (Fsp3) is 0.150. The van der Waals surface area contributed by atoms with Crippen LogP contribution in [0, 0.1) is 6.92 Å². The molecule has 0 saturated heterocycles. The SMILES string of the molecule is Cc1cc(C(=O)Nc2ccc3c(c2)OCCO3)nc(Nc2cccc(Cl)c2)n1. The maximum atomic E-state index is 12.7. The highest BCUT2D eigenvalue weighted by atomic mass is 35.5. The third kappa shape index (κ3) is 4.15. The van der Waals surface area contributed by atoms with E-state index in [9.17, 15) is 4.79 Å². The van der Waals surface area contributed by atoms with Gasteiger partial charge >= 0.3 is 0 Å². The number of amides is 1. The van der Waals surface area contributed by atoms with Gasteiger partial charge in [-0.05, 0) is 43.3 Å². The summed E-state index contributed by atoms with van der Waals surface area (Å²) < 4.78 is 11.0. The van der Waals surface area contributed by atoms with Crippen molar-refractivity contribution in [1.29, 1.82) is 0 Å². The van der Waals surface area contributed by atoms with Gasteiger partial charge < -0.3 is 20.1 Å². The number of aromatic nitrogens is 2. The fourth-order valence-electron chi connectivity index (χ4n) is 2.75. The summed E-state index contributed by atoms with van der Waals surface area (Å²) in [6.45, 7) is 2.79. The number of nitrogens with one attached hydrogen (secondary N) is 2. The minimum absolute atomic E-state index is 0.243. The average molecular weight is 397 g/mol. The van der Waals surface area contributed by atoms with Crippen LogP contribution in [0.5, 0.6) is 11.5 Å². The highest BCUT2D eigenvalue weighted by Gasteiger charge is 2.15. The van der Waals surface area contributed by atoms with Gasteiger partial charge in [-0.2, -0.15) is 0 Å². The van der Waals surface area contributed by atoms with E-state index in [4.69, 9.17) is 21.1 Å². The summed E-state index contributed by atoms with van der Waals surface area (Å²) in [6.07, 6.45) is 0. The van der Waals surface area contributed by atoms with Gasteiger partial charge in [0.25, 0.3) is 5.91 Å². The maximum Gasteiger partial charge on any atom is 0.274 e. The van der Waals surface area contributed by atoms with Crippen molar-refractivity contribution in [2.75, 3.05) is 23.8 Å². The summed E-state index contributed by atoms with van der Waals surface area (Å²) in [7, 11) is 0. The van der Waals surface area contributed by atoms with Gasteiger partial charge in [-0.15, -0.1) is 0 Å². The van der Waals surface area contributed by atoms with E-state index in [1.807, 2.05) is 12.1 Å². The van der Waals surface area contributed by atoms with Crippen molar-refractivity contribution >= 4 is 34.8 Å². The predicted octanol–water partition coefficient (Wildman–Crippen LogP) is 4.21. The highest BCUT2D eigenvalue weighted by molar-refractivity contribution is 6.30. The van der Waals surface area contributed by atoms with Gasteiger partial charge in [0, 0.05) is 28.2 Å². The lowest BCUT2D eigenvalue weighted by Crippen LogP contribution is -2.17. The van der Waals surface area contributed by atoms with Crippen molar-refractivity contribution in [3.05, 3.63) is 64.9 Å². The number of fused-ring (bicyclic) bond motifs is 1. The first-order valence-electron chi connectivity index (χ1n) is 8.66. The van der Waals surface area contributed by atoms with Crippen LogP contribution in [0.1, 0.15) is 16.2 Å². The van der Waals surface area contributed by atoms with Gasteiger partial charge in [0.15, 0.2) is 11.5 Å². The summed E-state index contributed by atoms with van der Waals surface area (Å²) in [5.74, 6) is 1.23. The number of carbonyl (C=O) groups is 1. The Bertz CT molecular complexity index is 1040. The molecule has 28 heavy (non-hydrogen) atoms. The summed E-state index contributed by atoms with van der Waals surface area (Å²) >= 11 is 6.00.